The van der Waals surface area contributed by atoms with Gasteiger partial charge in [0.15, 0.2) is 11.9 Å². The molecule has 1 aliphatic rings. The number of hydrogen-bond acceptors (Lipinski definition) is 8. The lowest BCUT2D eigenvalue weighted by Gasteiger charge is -2.51. The van der Waals surface area contributed by atoms with Gasteiger partial charge in [-0.3, -0.25) is 4.79 Å². The summed E-state index contributed by atoms with van der Waals surface area (Å²) < 4.78 is 16.6. The minimum atomic E-state index is -2.19. The standard InChI is InChI=1S/C23H27ClO8/c1-3-31-17-7-4-14(5-8-17)10-15-11-16(6-9-18(15)24)23(30-2)21(29)19(27)20(28)22(12-25,13-26)32-23/h4-9,11-12,19-21,26-29H,3,10,13H2,1-2H3/t19-,20-,21+,22-,23-/m0/s1. The number of aliphatic hydroxyl groups excluding tert-OH is 4. The van der Waals surface area contributed by atoms with Gasteiger partial charge in [-0.2, -0.15) is 0 Å². The maximum absolute atomic E-state index is 11.7. The van der Waals surface area contributed by atoms with E-state index in [4.69, 9.17) is 25.8 Å². The number of rotatable bonds is 8. The number of methoxy groups -OCH3 is 1. The molecule has 1 saturated heterocycles. The summed E-state index contributed by atoms with van der Waals surface area (Å²) in [4.78, 5) is 11.7. The molecule has 174 valence electrons. The Morgan fingerprint density at radius 3 is 2.38 bits per heavy atom. The van der Waals surface area contributed by atoms with Crippen LogP contribution >= 0.6 is 11.6 Å². The monoisotopic (exact) mass is 466 g/mol. The van der Waals surface area contributed by atoms with Crippen LogP contribution in [0.5, 0.6) is 5.75 Å². The number of halogens is 1. The molecule has 8 nitrogen and oxygen atoms in total. The number of ether oxygens (including phenoxy) is 3. The second kappa shape index (κ2) is 9.84. The van der Waals surface area contributed by atoms with Gasteiger partial charge in [0, 0.05) is 17.7 Å². The van der Waals surface area contributed by atoms with Gasteiger partial charge in [0.25, 0.3) is 0 Å². The summed E-state index contributed by atoms with van der Waals surface area (Å²) in [7, 11) is 1.22. The van der Waals surface area contributed by atoms with Crippen LogP contribution in [0.15, 0.2) is 42.5 Å². The smallest absolute Gasteiger partial charge is 0.225 e. The Hall–Kier alpha value is -2.04. The van der Waals surface area contributed by atoms with Crippen molar-refractivity contribution in [3.63, 3.8) is 0 Å². The first kappa shape index (κ1) is 24.6. The van der Waals surface area contributed by atoms with E-state index in [1.807, 2.05) is 31.2 Å². The molecule has 0 amide bonds. The molecule has 0 aromatic heterocycles. The first-order chi connectivity index (χ1) is 15.3. The Morgan fingerprint density at radius 1 is 1.12 bits per heavy atom. The van der Waals surface area contributed by atoms with E-state index in [1.165, 1.54) is 13.2 Å². The van der Waals surface area contributed by atoms with Crippen LogP contribution < -0.4 is 4.74 Å². The summed E-state index contributed by atoms with van der Waals surface area (Å²) in [5, 5.41) is 41.7. The Morgan fingerprint density at radius 2 is 1.81 bits per heavy atom. The fourth-order valence-corrected chi connectivity index (χ4v) is 4.06. The molecule has 2 aromatic carbocycles. The van der Waals surface area contributed by atoms with E-state index in [-0.39, 0.29) is 11.8 Å². The van der Waals surface area contributed by atoms with Crippen LogP contribution in [0.25, 0.3) is 0 Å². The van der Waals surface area contributed by atoms with E-state index in [0.717, 1.165) is 11.3 Å². The van der Waals surface area contributed by atoms with Crippen LogP contribution in [-0.4, -0.2) is 70.9 Å². The maximum atomic E-state index is 11.7. The van der Waals surface area contributed by atoms with Crippen LogP contribution in [-0.2, 0) is 26.5 Å². The summed E-state index contributed by atoms with van der Waals surface area (Å²) >= 11 is 6.40. The van der Waals surface area contributed by atoms with Crippen molar-refractivity contribution in [2.75, 3.05) is 20.3 Å². The molecule has 5 atom stereocenters. The van der Waals surface area contributed by atoms with Crippen LogP contribution in [0.1, 0.15) is 23.6 Å². The normalized spacial score (nSPS) is 30.2. The van der Waals surface area contributed by atoms with E-state index in [9.17, 15) is 25.2 Å². The van der Waals surface area contributed by atoms with Crippen molar-refractivity contribution in [3.8, 4) is 5.75 Å². The zero-order valence-corrected chi connectivity index (χ0v) is 18.5. The van der Waals surface area contributed by atoms with Gasteiger partial charge in [-0.25, -0.2) is 0 Å². The molecule has 3 rings (SSSR count). The van der Waals surface area contributed by atoms with Gasteiger partial charge in [0.05, 0.1) is 13.2 Å². The third-order valence-corrected chi connectivity index (χ3v) is 6.07. The van der Waals surface area contributed by atoms with E-state index in [0.29, 0.717) is 23.6 Å². The molecule has 0 spiro atoms. The molecule has 0 bridgehead atoms. The lowest BCUT2D eigenvalue weighted by Crippen LogP contribution is -2.70. The van der Waals surface area contributed by atoms with Crippen molar-refractivity contribution < 1.29 is 39.4 Å². The zero-order chi connectivity index (χ0) is 23.5. The van der Waals surface area contributed by atoms with Gasteiger partial charge in [0.2, 0.25) is 5.79 Å². The van der Waals surface area contributed by atoms with Crippen LogP contribution in [0.4, 0.5) is 0 Å². The Labute approximate surface area is 190 Å². The molecule has 1 fully saturated rings. The van der Waals surface area contributed by atoms with Crippen LogP contribution in [0.3, 0.4) is 0 Å². The summed E-state index contributed by atoms with van der Waals surface area (Å²) in [5.41, 5.74) is -0.328. The number of carbonyl (C=O) groups is 1. The van der Waals surface area contributed by atoms with E-state index in [1.54, 1.807) is 12.1 Å². The molecule has 9 heteroatoms. The second-order valence-corrected chi connectivity index (χ2v) is 8.05. The highest BCUT2D eigenvalue weighted by Crippen LogP contribution is 2.43. The van der Waals surface area contributed by atoms with Gasteiger partial charge in [-0.15, -0.1) is 0 Å². The highest BCUT2D eigenvalue weighted by Gasteiger charge is 2.61. The molecule has 32 heavy (non-hydrogen) atoms. The highest BCUT2D eigenvalue weighted by molar-refractivity contribution is 6.31. The lowest BCUT2D eigenvalue weighted by molar-refractivity contribution is -0.384. The molecular weight excluding hydrogens is 440 g/mol. The van der Waals surface area contributed by atoms with Gasteiger partial charge in [-0.1, -0.05) is 29.8 Å². The number of benzene rings is 2. The molecule has 2 aromatic rings. The molecule has 1 aliphatic heterocycles. The van der Waals surface area contributed by atoms with Crippen LogP contribution in [0.2, 0.25) is 5.02 Å². The molecular formula is C23H27ClO8. The number of aliphatic hydroxyl groups is 4. The molecule has 0 unspecified atom stereocenters. The summed E-state index contributed by atoms with van der Waals surface area (Å²) in [6.45, 7) is 1.53. The fraction of sp³-hybridized carbons (Fsp3) is 0.435. The first-order valence-electron chi connectivity index (χ1n) is 10.1. The number of carbonyl (C=O) groups excluding carboxylic acids is 1. The first-order valence-corrected chi connectivity index (χ1v) is 10.5. The van der Waals surface area contributed by atoms with E-state index >= 15 is 0 Å². The van der Waals surface area contributed by atoms with Crippen molar-refractivity contribution in [2.24, 2.45) is 0 Å². The van der Waals surface area contributed by atoms with Crippen molar-refractivity contribution in [2.45, 2.75) is 43.0 Å². The highest BCUT2D eigenvalue weighted by atomic mass is 35.5. The molecule has 0 aliphatic carbocycles. The van der Waals surface area contributed by atoms with Gasteiger partial charge >= 0.3 is 0 Å². The van der Waals surface area contributed by atoms with Gasteiger partial charge < -0.3 is 34.6 Å². The third-order valence-electron chi connectivity index (χ3n) is 5.71. The molecule has 4 N–H and O–H groups in total. The predicted octanol–water partition coefficient (Wildman–Crippen LogP) is 1.17. The SMILES string of the molecule is CCOc1ccc(Cc2cc([C@]3(OC)O[C@@](C=O)(CO)[C@@H](O)[C@H](O)[C@H]3O)ccc2Cl)cc1. The van der Waals surface area contributed by atoms with Crippen molar-refractivity contribution in [3.05, 3.63) is 64.2 Å². The van der Waals surface area contributed by atoms with Crippen LogP contribution in [0, 0.1) is 0 Å². The largest absolute Gasteiger partial charge is 0.494 e. The predicted molar refractivity (Wildman–Crippen MR) is 116 cm³/mol. The number of hydrogen-bond donors (Lipinski definition) is 4. The maximum Gasteiger partial charge on any atom is 0.225 e. The van der Waals surface area contributed by atoms with Crippen molar-refractivity contribution >= 4 is 17.9 Å². The Balaban J connectivity index is 2.01. The van der Waals surface area contributed by atoms with E-state index < -0.39 is 36.3 Å². The minimum absolute atomic E-state index is 0.192. The molecule has 1 heterocycles. The fourth-order valence-electron chi connectivity index (χ4n) is 3.87. The second-order valence-electron chi connectivity index (χ2n) is 7.64. The molecule has 0 radical (unpaired) electrons. The van der Waals surface area contributed by atoms with Gasteiger partial charge in [-0.05, 0) is 48.7 Å². The van der Waals surface area contributed by atoms with Crippen molar-refractivity contribution in [1.82, 2.24) is 0 Å². The summed E-state index contributed by atoms with van der Waals surface area (Å²) in [6.07, 6.45) is -4.83. The van der Waals surface area contributed by atoms with E-state index in [2.05, 4.69) is 0 Å². The third kappa shape index (κ3) is 4.27. The average molecular weight is 467 g/mol. The van der Waals surface area contributed by atoms with Crippen molar-refractivity contribution in [1.29, 1.82) is 0 Å². The van der Waals surface area contributed by atoms with Gasteiger partial charge in [0.1, 0.15) is 24.1 Å². The zero-order valence-electron chi connectivity index (χ0n) is 17.8. The Kier molecular flexibility index (Phi) is 7.57. The number of aldehydes is 1. The average Bonchev–Trinajstić information content (AvgIpc) is 2.81. The quantitative estimate of drug-likeness (QED) is 0.427. The summed E-state index contributed by atoms with van der Waals surface area (Å²) in [6, 6.07) is 12.2. The lowest BCUT2D eigenvalue weighted by atomic mass is 9.81. The molecule has 0 saturated carbocycles. The Bertz CT molecular complexity index is 936. The minimum Gasteiger partial charge on any atom is -0.494 e. The summed E-state index contributed by atoms with van der Waals surface area (Å²) in [5.74, 6) is -1.30. The topological polar surface area (TPSA) is 126 Å².